The molecule has 1 aliphatic heterocycles. The zero-order valence-electron chi connectivity index (χ0n) is 12.3. The van der Waals surface area contributed by atoms with E-state index in [1.54, 1.807) is 12.1 Å². The molecule has 0 bridgehead atoms. The molecule has 1 heterocycles. The fourth-order valence-electron chi connectivity index (χ4n) is 2.51. The summed E-state index contributed by atoms with van der Waals surface area (Å²) in [4.78, 5) is 0.356. The Morgan fingerprint density at radius 3 is 2.95 bits per heavy atom. The van der Waals surface area contributed by atoms with Crippen LogP contribution in [0, 0.1) is 0 Å². The van der Waals surface area contributed by atoms with Crippen LogP contribution in [0.1, 0.15) is 45.1 Å². The van der Waals surface area contributed by atoms with E-state index in [0.29, 0.717) is 4.90 Å². The van der Waals surface area contributed by atoms with Crippen LogP contribution in [0.5, 0.6) is 0 Å². The van der Waals surface area contributed by atoms with Gasteiger partial charge in [0, 0.05) is 18.3 Å². The largest absolute Gasteiger partial charge is 0.385 e. The van der Waals surface area contributed by atoms with Crippen LogP contribution in [-0.2, 0) is 16.4 Å². The minimum Gasteiger partial charge on any atom is -0.385 e. The normalized spacial score (nSPS) is 16.3. The standard InChI is InChI=1S/C15H24N2O2S/c1-3-4-6-12(2)17-20(18,19)14-9-8-13-7-5-10-16-15(13)11-14/h8-9,11-12,16-17H,3-7,10H2,1-2H3. The minimum atomic E-state index is -3.41. The molecule has 20 heavy (non-hydrogen) atoms. The predicted molar refractivity (Wildman–Crippen MR) is 82.6 cm³/mol. The van der Waals surface area contributed by atoms with Crippen molar-refractivity contribution in [3.8, 4) is 0 Å². The Morgan fingerprint density at radius 1 is 1.40 bits per heavy atom. The van der Waals surface area contributed by atoms with Crippen LogP contribution < -0.4 is 10.0 Å². The molecule has 1 aliphatic rings. The van der Waals surface area contributed by atoms with Crippen LogP contribution >= 0.6 is 0 Å². The molecule has 0 aromatic heterocycles. The summed E-state index contributed by atoms with van der Waals surface area (Å²) in [6.07, 6.45) is 5.11. The molecule has 1 atom stereocenters. The molecule has 112 valence electrons. The summed E-state index contributed by atoms with van der Waals surface area (Å²) < 4.78 is 27.5. The molecule has 0 amide bonds. The summed E-state index contributed by atoms with van der Waals surface area (Å²) in [5.41, 5.74) is 2.16. The van der Waals surface area contributed by atoms with E-state index in [9.17, 15) is 8.42 Å². The van der Waals surface area contributed by atoms with Gasteiger partial charge < -0.3 is 5.32 Å². The van der Waals surface area contributed by atoms with Crippen LogP contribution in [0.15, 0.2) is 23.1 Å². The Hall–Kier alpha value is -1.07. The molecule has 1 unspecified atom stereocenters. The van der Waals surface area contributed by atoms with Crippen molar-refractivity contribution in [2.75, 3.05) is 11.9 Å². The number of benzene rings is 1. The fourth-order valence-corrected chi connectivity index (χ4v) is 3.81. The molecule has 2 N–H and O–H groups in total. The number of hydrogen-bond acceptors (Lipinski definition) is 3. The highest BCUT2D eigenvalue weighted by Gasteiger charge is 2.19. The van der Waals surface area contributed by atoms with Gasteiger partial charge in [-0.15, -0.1) is 0 Å². The van der Waals surface area contributed by atoms with Crippen molar-refractivity contribution in [3.05, 3.63) is 23.8 Å². The van der Waals surface area contributed by atoms with Crippen LogP contribution in [0.25, 0.3) is 0 Å². The number of aryl methyl sites for hydroxylation is 1. The second kappa shape index (κ2) is 6.59. The van der Waals surface area contributed by atoms with Gasteiger partial charge >= 0.3 is 0 Å². The lowest BCUT2D eigenvalue weighted by Crippen LogP contribution is -2.32. The van der Waals surface area contributed by atoms with Gasteiger partial charge in [0.15, 0.2) is 0 Å². The van der Waals surface area contributed by atoms with Crippen molar-refractivity contribution in [3.63, 3.8) is 0 Å². The van der Waals surface area contributed by atoms with Crippen molar-refractivity contribution in [2.45, 2.75) is 56.9 Å². The first kappa shape index (κ1) is 15.3. The highest BCUT2D eigenvalue weighted by molar-refractivity contribution is 7.89. The molecule has 0 radical (unpaired) electrons. The Bertz CT molecular complexity index is 555. The maximum Gasteiger partial charge on any atom is 0.240 e. The third-order valence-electron chi connectivity index (χ3n) is 3.68. The summed E-state index contributed by atoms with van der Waals surface area (Å²) in [5.74, 6) is 0. The number of fused-ring (bicyclic) bond motifs is 1. The number of sulfonamides is 1. The summed E-state index contributed by atoms with van der Waals surface area (Å²) in [7, 11) is -3.41. The molecule has 1 aromatic rings. The second-order valence-electron chi connectivity index (χ2n) is 5.51. The van der Waals surface area contributed by atoms with Crippen molar-refractivity contribution < 1.29 is 8.42 Å². The molecule has 0 spiro atoms. The summed E-state index contributed by atoms with van der Waals surface area (Å²) >= 11 is 0. The lowest BCUT2D eigenvalue weighted by atomic mass is 10.0. The molecule has 0 aliphatic carbocycles. The van der Waals surface area contributed by atoms with E-state index in [0.717, 1.165) is 44.3 Å². The Labute approximate surface area is 122 Å². The van der Waals surface area contributed by atoms with Gasteiger partial charge in [-0.1, -0.05) is 25.8 Å². The van der Waals surface area contributed by atoms with Crippen LogP contribution in [-0.4, -0.2) is 21.0 Å². The maximum atomic E-state index is 12.4. The molecular formula is C15H24N2O2S. The highest BCUT2D eigenvalue weighted by atomic mass is 32.2. The molecule has 0 saturated heterocycles. The van der Waals surface area contributed by atoms with Gasteiger partial charge in [0.2, 0.25) is 10.0 Å². The van der Waals surface area contributed by atoms with Crippen molar-refractivity contribution >= 4 is 15.7 Å². The van der Waals surface area contributed by atoms with Gasteiger partial charge in [0.25, 0.3) is 0 Å². The highest BCUT2D eigenvalue weighted by Crippen LogP contribution is 2.25. The Morgan fingerprint density at radius 2 is 2.20 bits per heavy atom. The number of anilines is 1. The summed E-state index contributed by atoms with van der Waals surface area (Å²) in [6, 6.07) is 5.36. The monoisotopic (exact) mass is 296 g/mol. The van der Waals surface area contributed by atoms with Gasteiger partial charge in [0.05, 0.1) is 4.90 Å². The summed E-state index contributed by atoms with van der Waals surface area (Å²) in [5, 5.41) is 3.27. The van der Waals surface area contributed by atoms with E-state index in [4.69, 9.17) is 0 Å². The summed E-state index contributed by atoms with van der Waals surface area (Å²) in [6.45, 7) is 4.94. The van der Waals surface area contributed by atoms with E-state index in [1.807, 2.05) is 13.0 Å². The van der Waals surface area contributed by atoms with Gasteiger partial charge in [0.1, 0.15) is 0 Å². The minimum absolute atomic E-state index is 0.0241. The Balaban J connectivity index is 2.13. The molecular weight excluding hydrogens is 272 g/mol. The lowest BCUT2D eigenvalue weighted by molar-refractivity contribution is 0.534. The maximum absolute atomic E-state index is 12.4. The molecule has 4 nitrogen and oxygen atoms in total. The average Bonchev–Trinajstić information content (AvgIpc) is 2.44. The number of hydrogen-bond donors (Lipinski definition) is 2. The number of nitrogens with one attached hydrogen (secondary N) is 2. The SMILES string of the molecule is CCCCC(C)NS(=O)(=O)c1ccc2c(c1)NCCC2. The molecule has 5 heteroatoms. The van der Waals surface area contributed by atoms with Crippen LogP contribution in [0.2, 0.25) is 0 Å². The Kier molecular flexibility index (Phi) is 5.05. The van der Waals surface area contributed by atoms with Crippen molar-refractivity contribution in [1.82, 2.24) is 4.72 Å². The van der Waals surface area contributed by atoms with E-state index >= 15 is 0 Å². The zero-order valence-corrected chi connectivity index (χ0v) is 13.1. The quantitative estimate of drug-likeness (QED) is 0.848. The van der Waals surface area contributed by atoms with Crippen molar-refractivity contribution in [1.29, 1.82) is 0 Å². The van der Waals surface area contributed by atoms with E-state index in [-0.39, 0.29) is 6.04 Å². The first-order valence-electron chi connectivity index (χ1n) is 7.42. The van der Waals surface area contributed by atoms with E-state index < -0.39 is 10.0 Å². The first-order chi connectivity index (χ1) is 9.53. The smallest absolute Gasteiger partial charge is 0.240 e. The fraction of sp³-hybridized carbons (Fsp3) is 0.600. The van der Waals surface area contributed by atoms with Crippen LogP contribution in [0.3, 0.4) is 0 Å². The molecule has 0 saturated carbocycles. The molecule has 0 fully saturated rings. The lowest BCUT2D eigenvalue weighted by Gasteiger charge is -2.19. The average molecular weight is 296 g/mol. The zero-order chi connectivity index (χ0) is 14.6. The van der Waals surface area contributed by atoms with E-state index in [2.05, 4.69) is 17.0 Å². The third kappa shape index (κ3) is 3.73. The van der Waals surface area contributed by atoms with Gasteiger partial charge in [-0.25, -0.2) is 13.1 Å². The van der Waals surface area contributed by atoms with Crippen LogP contribution in [0.4, 0.5) is 5.69 Å². The topological polar surface area (TPSA) is 58.2 Å². The molecule has 2 rings (SSSR count). The van der Waals surface area contributed by atoms with Gasteiger partial charge in [-0.2, -0.15) is 0 Å². The number of rotatable bonds is 6. The second-order valence-corrected chi connectivity index (χ2v) is 7.23. The predicted octanol–water partition coefficient (Wildman–Crippen LogP) is 2.90. The van der Waals surface area contributed by atoms with Crippen molar-refractivity contribution in [2.24, 2.45) is 0 Å². The first-order valence-corrected chi connectivity index (χ1v) is 8.90. The number of unbranched alkanes of at least 4 members (excludes halogenated alkanes) is 1. The van der Waals surface area contributed by atoms with Gasteiger partial charge in [-0.05, 0) is 43.9 Å². The van der Waals surface area contributed by atoms with Gasteiger partial charge in [-0.3, -0.25) is 0 Å². The van der Waals surface area contributed by atoms with E-state index in [1.165, 1.54) is 5.56 Å². The molecule has 1 aromatic carbocycles. The third-order valence-corrected chi connectivity index (χ3v) is 5.26.